The molecule has 0 saturated heterocycles. The van der Waals surface area contributed by atoms with E-state index in [9.17, 15) is 4.39 Å². The minimum absolute atomic E-state index is 0.0175. The second-order valence-electron chi connectivity index (χ2n) is 4.77. The first-order chi connectivity index (χ1) is 10.1. The van der Waals surface area contributed by atoms with Gasteiger partial charge in [0, 0.05) is 16.6 Å². The lowest BCUT2D eigenvalue weighted by Gasteiger charge is -2.10. The van der Waals surface area contributed by atoms with Gasteiger partial charge in [0.25, 0.3) is 0 Å². The van der Waals surface area contributed by atoms with E-state index in [1.54, 1.807) is 6.92 Å². The number of benzene rings is 1. The highest BCUT2D eigenvalue weighted by molar-refractivity contribution is 5.93. The molecule has 5 nitrogen and oxygen atoms in total. The van der Waals surface area contributed by atoms with Crippen LogP contribution >= 0.6 is 0 Å². The molecule has 0 amide bonds. The Bertz CT molecular complexity index is 832. The first-order valence-corrected chi connectivity index (χ1v) is 6.47. The van der Waals surface area contributed by atoms with Crippen molar-refractivity contribution in [1.82, 2.24) is 15.0 Å². The average molecular weight is 283 g/mol. The minimum atomic E-state index is -0.545. The number of nitrogen functional groups attached to an aromatic ring is 1. The van der Waals surface area contributed by atoms with Crippen LogP contribution in [0.15, 0.2) is 30.3 Å². The molecular weight excluding hydrogens is 269 g/mol. The summed E-state index contributed by atoms with van der Waals surface area (Å²) in [6.45, 7) is 3.48. The zero-order valence-corrected chi connectivity index (χ0v) is 11.7. The Morgan fingerprint density at radius 2 is 1.86 bits per heavy atom. The molecule has 3 rings (SSSR count). The van der Waals surface area contributed by atoms with Gasteiger partial charge in [0.2, 0.25) is 0 Å². The van der Waals surface area contributed by atoms with E-state index in [1.165, 1.54) is 0 Å². The van der Waals surface area contributed by atoms with Gasteiger partial charge < -0.3 is 5.43 Å². The number of aromatic nitrogens is 3. The number of hydrogen-bond donors (Lipinski definition) is 2. The van der Waals surface area contributed by atoms with Crippen molar-refractivity contribution in [3.05, 3.63) is 47.5 Å². The number of rotatable bonds is 2. The van der Waals surface area contributed by atoms with E-state index >= 15 is 0 Å². The molecule has 0 bridgehead atoms. The van der Waals surface area contributed by atoms with Crippen LogP contribution in [0.2, 0.25) is 0 Å². The third kappa shape index (κ3) is 2.30. The molecule has 106 valence electrons. The summed E-state index contributed by atoms with van der Waals surface area (Å²) in [7, 11) is 0. The van der Waals surface area contributed by atoms with Crippen LogP contribution in [0.3, 0.4) is 0 Å². The number of para-hydroxylation sites is 1. The predicted octanol–water partition coefficient (Wildman–Crippen LogP) is 2.73. The van der Waals surface area contributed by atoms with Crippen molar-refractivity contribution in [1.29, 1.82) is 0 Å². The molecule has 0 aliphatic carbocycles. The van der Waals surface area contributed by atoms with Gasteiger partial charge in [-0.25, -0.2) is 20.2 Å². The third-order valence-corrected chi connectivity index (χ3v) is 3.24. The fourth-order valence-corrected chi connectivity index (χ4v) is 2.27. The molecule has 3 aromatic rings. The Morgan fingerprint density at radius 3 is 2.62 bits per heavy atom. The van der Waals surface area contributed by atoms with Gasteiger partial charge in [-0.15, -0.1) is 0 Å². The molecule has 0 spiro atoms. The van der Waals surface area contributed by atoms with Gasteiger partial charge in [0.1, 0.15) is 0 Å². The maximum atomic E-state index is 13.8. The largest absolute Gasteiger partial charge is 0.306 e. The van der Waals surface area contributed by atoms with Crippen LogP contribution in [0.1, 0.15) is 11.4 Å². The normalized spacial score (nSPS) is 10.9. The number of anilines is 1. The lowest BCUT2D eigenvalue weighted by Crippen LogP contribution is -2.13. The summed E-state index contributed by atoms with van der Waals surface area (Å²) in [6, 6.07) is 9.58. The van der Waals surface area contributed by atoms with Crippen molar-refractivity contribution in [3.63, 3.8) is 0 Å². The van der Waals surface area contributed by atoms with Gasteiger partial charge in [0.05, 0.1) is 11.2 Å². The lowest BCUT2D eigenvalue weighted by atomic mass is 10.1. The number of hydrogen-bond acceptors (Lipinski definition) is 5. The summed E-state index contributed by atoms with van der Waals surface area (Å²) in [6.07, 6.45) is 0. The van der Waals surface area contributed by atoms with Crippen LogP contribution < -0.4 is 11.3 Å². The summed E-state index contributed by atoms with van der Waals surface area (Å²) in [5, 5.41) is 0.914. The van der Waals surface area contributed by atoms with E-state index in [4.69, 9.17) is 5.84 Å². The van der Waals surface area contributed by atoms with Crippen molar-refractivity contribution in [2.75, 3.05) is 5.43 Å². The quantitative estimate of drug-likeness (QED) is 0.558. The zero-order valence-electron chi connectivity index (χ0n) is 11.7. The Hall–Kier alpha value is -2.60. The second-order valence-corrected chi connectivity index (χ2v) is 4.77. The molecule has 21 heavy (non-hydrogen) atoms. The van der Waals surface area contributed by atoms with Crippen molar-refractivity contribution < 1.29 is 4.39 Å². The van der Waals surface area contributed by atoms with E-state index in [0.717, 1.165) is 22.2 Å². The SMILES string of the molecule is Cc1cc(-c2nc(C)c(F)c(NN)n2)c2ccccc2n1. The predicted molar refractivity (Wildman–Crippen MR) is 80.0 cm³/mol. The van der Waals surface area contributed by atoms with Crippen molar-refractivity contribution in [3.8, 4) is 11.4 Å². The molecule has 3 N–H and O–H groups in total. The summed E-state index contributed by atoms with van der Waals surface area (Å²) < 4.78 is 13.8. The van der Waals surface area contributed by atoms with Crippen molar-refractivity contribution in [2.45, 2.75) is 13.8 Å². The molecule has 0 saturated carbocycles. The van der Waals surface area contributed by atoms with E-state index < -0.39 is 5.82 Å². The van der Waals surface area contributed by atoms with Crippen LogP contribution in [0.25, 0.3) is 22.3 Å². The molecule has 0 aliphatic rings. The highest BCUT2D eigenvalue weighted by Gasteiger charge is 2.14. The van der Waals surface area contributed by atoms with Crippen molar-refractivity contribution >= 4 is 16.7 Å². The summed E-state index contributed by atoms with van der Waals surface area (Å²) in [4.78, 5) is 12.9. The number of aryl methyl sites for hydroxylation is 2. The first kappa shape index (κ1) is 13.4. The maximum absolute atomic E-state index is 13.8. The Kier molecular flexibility index (Phi) is 3.23. The molecule has 6 heteroatoms. The number of nitrogens with one attached hydrogen (secondary N) is 1. The summed E-state index contributed by atoms with van der Waals surface area (Å²) in [5.74, 6) is 5.17. The van der Waals surface area contributed by atoms with E-state index in [2.05, 4.69) is 20.4 Å². The first-order valence-electron chi connectivity index (χ1n) is 6.47. The number of hydrazine groups is 1. The van der Waals surface area contributed by atoms with Gasteiger partial charge in [-0.2, -0.15) is 0 Å². The standard InChI is InChI=1S/C15H14FN5/c1-8-7-11(10-5-3-4-6-12(10)18-8)14-19-9(2)13(16)15(20-14)21-17/h3-7H,17H2,1-2H3,(H,19,20,21). The number of fused-ring (bicyclic) bond motifs is 1. The molecule has 0 radical (unpaired) electrons. The Balaban J connectivity index is 2.32. The molecule has 0 fully saturated rings. The zero-order chi connectivity index (χ0) is 15.0. The van der Waals surface area contributed by atoms with Crippen LogP contribution in [0, 0.1) is 19.7 Å². The minimum Gasteiger partial charge on any atom is -0.306 e. The topological polar surface area (TPSA) is 76.7 Å². The van der Waals surface area contributed by atoms with Crippen LogP contribution in [0.4, 0.5) is 10.2 Å². The monoisotopic (exact) mass is 283 g/mol. The Morgan fingerprint density at radius 1 is 1.10 bits per heavy atom. The molecule has 1 aromatic carbocycles. The number of nitrogens with two attached hydrogens (primary N) is 1. The third-order valence-electron chi connectivity index (χ3n) is 3.24. The van der Waals surface area contributed by atoms with Crippen molar-refractivity contribution in [2.24, 2.45) is 5.84 Å². The van der Waals surface area contributed by atoms with Crippen LogP contribution in [-0.4, -0.2) is 15.0 Å². The van der Waals surface area contributed by atoms with Gasteiger partial charge in [-0.1, -0.05) is 18.2 Å². The summed E-state index contributed by atoms with van der Waals surface area (Å²) in [5.41, 5.74) is 5.00. The van der Waals surface area contributed by atoms with Gasteiger partial charge in [-0.05, 0) is 26.0 Å². The number of pyridine rings is 1. The highest BCUT2D eigenvalue weighted by Crippen LogP contribution is 2.28. The van der Waals surface area contributed by atoms with Crippen LogP contribution in [0.5, 0.6) is 0 Å². The average Bonchev–Trinajstić information content (AvgIpc) is 2.49. The summed E-state index contributed by atoms with van der Waals surface area (Å²) >= 11 is 0. The second kappa shape index (κ2) is 5.06. The fourth-order valence-electron chi connectivity index (χ4n) is 2.27. The molecule has 2 heterocycles. The van der Waals surface area contributed by atoms with E-state index in [-0.39, 0.29) is 11.5 Å². The smallest absolute Gasteiger partial charge is 0.187 e. The number of halogens is 1. The lowest BCUT2D eigenvalue weighted by molar-refractivity contribution is 0.606. The van der Waals surface area contributed by atoms with Gasteiger partial charge in [0.15, 0.2) is 17.5 Å². The molecule has 0 atom stereocenters. The highest BCUT2D eigenvalue weighted by atomic mass is 19.1. The van der Waals surface area contributed by atoms with Crippen LogP contribution in [-0.2, 0) is 0 Å². The maximum Gasteiger partial charge on any atom is 0.187 e. The molecule has 0 unspecified atom stereocenters. The van der Waals surface area contributed by atoms with Gasteiger partial charge >= 0.3 is 0 Å². The fraction of sp³-hybridized carbons (Fsp3) is 0.133. The Labute approximate surface area is 121 Å². The van der Waals surface area contributed by atoms with E-state index in [1.807, 2.05) is 37.3 Å². The molecule has 2 aromatic heterocycles. The van der Waals surface area contributed by atoms with Gasteiger partial charge in [-0.3, -0.25) is 4.98 Å². The van der Waals surface area contributed by atoms with E-state index in [0.29, 0.717) is 5.82 Å². The number of nitrogens with zero attached hydrogens (tertiary/aromatic N) is 3. The molecule has 0 aliphatic heterocycles. The molecular formula is C15H14FN5.